The molecule has 1 saturated carbocycles. The summed E-state index contributed by atoms with van der Waals surface area (Å²) in [6, 6.07) is 6.56. The van der Waals surface area contributed by atoms with Crippen LogP contribution in [0.15, 0.2) is 18.2 Å². The lowest BCUT2D eigenvalue weighted by Crippen LogP contribution is -2.17. The van der Waals surface area contributed by atoms with Crippen LogP contribution in [0.4, 0.5) is 0 Å². The van der Waals surface area contributed by atoms with E-state index in [-0.39, 0.29) is 0 Å². The monoisotopic (exact) mass is 285 g/mol. The van der Waals surface area contributed by atoms with Gasteiger partial charge in [0.2, 0.25) is 0 Å². The normalized spacial score (nSPS) is 15.0. The highest BCUT2D eigenvalue weighted by Crippen LogP contribution is 2.22. The lowest BCUT2D eigenvalue weighted by molar-refractivity contribution is 0.585. The van der Waals surface area contributed by atoms with Gasteiger partial charge in [-0.25, -0.2) is 0 Å². The van der Waals surface area contributed by atoms with E-state index in [2.05, 4.69) is 5.32 Å². The molecule has 1 nitrogen and oxygen atoms in total. The van der Waals surface area contributed by atoms with Crippen molar-refractivity contribution in [1.82, 2.24) is 5.32 Å². The molecule has 2 rings (SSSR count). The Morgan fingerprint density at radius 1 is 1.06 bits per heavy atom. The largest absolute Gasteiger partial charge is 0.314 e. The van der Waals surface area contributed by atoms with Gasteiger partial charge in [0, 0.05) is 16.1 Å². The third-order valence-electron chi connectivity index (χ3n) is 3.39. The van der Waals surface area contributed by atoms with Crippen LogP contribution in [-0.4, -0.2) is 12.6 Å². The zero-order valence-electron chi connectivity index (χ0n) is 10.7. The average Bonchev–Trinajstić information content (AvgIpc) is 3.16. The van der Waals surface area contributed by atoms with E-state index in [0.29, 0.717) is 0 Å². The van der Waals surface area contributed by atoms with Gasteiger partial charge in [0.25, 0.3) is 0 Å². The lowest BCUT2D eigenvalue weighted by atomic mass is 10.1. The van der Waals surface area contributed by atoms with Gasteiger partial charge in [-0.15, -0.1) is 0 Å². The summed E-state index contributed by atoms with van der Waals surface area (Å²) in [6.07, 6.45) is 8.87. The molecule has 0 radical (unpaired) electrons. The minimum Gasteiger partial charge on any atom is -0.314 e. The highest BCUT2D eigenvalue weighted by Gasteiger charge is 2.19. The first-order chi connectivity index (χ1) is 8.75. The number of unbranched alkanes of at least 4 members (excludes halogenated alkanes) is 3. The molecule has 1 fully saturated rings. The van der Waals surface area contributed by atoms with Gasteiger partial charge in [-0.2, -0.15) is 0 Å². The van der Waals surface area contributed by atoms with E-state index < -0.39 is 0 Å². The van der Waals surface area contributed by atoms with Crippen molar-refractivity contribution >= 4 is 23.2 Å². The summed E-state index contributed by atoms with van der Waals surface area (Å²) < 4.78 is 0. The third-order valence-corrected chi connectivity index (χ3v) is 3.99. The first-order valence-corrected chi connectivity index (χ1v) is 7.68. The van der Waals surface area contributed by atoms with E-state index in [1.807, 2.05) is 18.2 Å². The van der Waals surface area contributed by atoms with Gasteiger partial charge < -0.3 is 5.32 Å². The minimum absolute atomic E-state index is 0.781. The number of benzene rings is 1. The number of hydrogen-bond donors (Lipinski definition) is 1. The number of nitrogens with one attached hydrogen (secondary N) is 1. The second-order valence-electron chi connectivity index (χ2n) is 5.13. The summed E-state index contributed by atoms with van der Waals surface area (Å²) in [4.78, 5) is 0. The quantitative estimate of drug-likeness (QED) is 0.674. The Kier molecular flexibility index (Phi) is 5.81. The van der Waals surface area contributed by atoms with Gasteiger partial charge in [-0.05, 0) is 62.4 Å². The van der Waals surface area contributed by atoms with Gasteiger partial charge >= 0.3 is 0 Å². The van der Waals surface area contributed by atoms with Crippen LogP contribution in [0.3, 0.4) is 0 Å². The van der Waals surface area contributed by atoms with E-state index in [4.69, 9.17) is 23.2 Å². The van der Waals surface area contributed by atoms with Crippen molar-refractivity contribution in [1.29, 1.82) is 0 Å². The second kappa shape index (κ2) is 7.37. The van der Waals surface area contributed by atoms with Crippen molar-refractivity contribution in [2.45, 2.75) is 51.0 Å². The maximum atomic E-state index is 6.13. The molecule has 1 aromatic carbocycles. The van der Waals surface area contributed by atoms with E-state index in [1.165, 1.54) is 50.6 Å². The average molecular weight is 286 g/mol. The van der Waals surface area contributed by atoms with Gasteiger partial charge in [-0.1, -0.05) is 36.0 Å². The van der Waals surface area contributed by atoms with Crippen LogP contribution >= 0.6 is 23.2 Å². The van der Waals surface area contributed by atoms with Crippen molar-refractivity contribution in [2.75, 3.05) is 6.54 Å². The first kappa shape index (κ1) is 14.2. The molecule has 1 aliphatic carbocycles. The Bertz CT molecular complexity index is 375. The Balaban J connectivity index is 1.55. The number of hydrogen-bond acceptors (Lipinski definition) is 1. The van der Waals surface area contributed by atoms with Crippen molar-refractivity contribution in [3.05, 3.63) is 33.8 Å². The van der Waals surface area contributed by atoms with Crippen molar-refractivity contribution in [3.8, 4) is 0 Å². The van der Waals surface area contributed by atoms with Crippen molar-refractivity contribution in [2.24, 2.45) is 0 Å². The van der Waals surface area contributed by atoms with Crippen molar-refractivity contribution < 1.29 is 0 Å². The van der Waals surface area contributed by atoms with E-state index in [9.17, 15) is 0 Å². The summed E-state index contributed by atoms with van der Waals surface area (Å²) in [6.45, 7) is 1.18. The zero-order valence-corrected chi connectivity index (χ0v) is 12.2. The SMILES string of the molecule is Clc1ccc(Cl)c(CCCCCCNC2CC2)c1. The van der Waals surface area contributed by atoms with Gasteiger partial charge in [0.05, 0.1) is 0 Å². The fourth-order valence-electron chi connectivity index (χ4n) is 2.12. The van der Waals surface area contributed by atoms with Crippen LogP contribution < -0.4 is 5.32 Å². The highest BCUT2D eigenvalue weighted by molar-refractivity contribution is 6.33. The molecule has 0 atom stereocenters. The van der Waals surface area contributed by atoms with Gasteiger partial charge in [-0.3, -0.25) is 0 Å². The fraction of sp³-hybridized carbons (Fsp3) is 0.600. The zero-order chi connectivity index (χ0) is 12.8. The summed E-state index contributed by atoms with van der Waals surface area (Å²) >= 11 is 12.1. The predicted octanol–water partition coefficient (Wildman–Crippen LogP) is 4.85. The molecule has 0 bridgehead atoms. The van der Waals surface area contributed by atoms with Crippen LogP contribution in [0.25, 0.3) is 0 Å². The highest BCUT2D eigenvalue weighted by atomic mass is 35.5. The Labute approximate surface area is 120 Å². The second-order valence-corrected chi connectivity index (χ2v) is 5.97. The molecule has 0 aliphatic heterocycles. The molecule has 3 heteroatoms. The topological polar surface area (TPSA) is 12.0 Å². The van der Waals surface area contributed by atoms with Crippen LogP contribution in [-0.2, 0) is 6.42 Å². The maximum absolute atomic E-state index is 6.13. The molecular formula is C15H21Cl2N. The van der Waals surface area contributed by atoms with E-state index >= 15 is 0 Å². The van der Waals surface area contributed by atoms with Crippen LogP contribution in [0, 0.1) is 0 Å². The van der Waals surface area contributed by atoms with Crippen LogP contribution in [0.2, 0.25) is 10.0 Å². The van der Waals surface area contributed by atoms with Crippen molar-refractivity contribution in [3.63, 3.8) is 0 Å². The Hall–Kier alpha value is -0.240. The maximum Gasteiger partial charge on any atom is 0.0439 e. The van der Waals surface area contributed by atoms with E-state index in [0.717, 1.165) is 22.5 Å². The molecule has 100 valence electrons. The van der Waals surface area contributed by atoms with Gasteiger partial charge in [0.1, 0.15) is 0 Å². The Morgan fingerprint density at radius 3 is 2.61 bits per heavy atom. The molecule has 0 heterocycles. The van der Waals surface area contributed by atoms with Crippen LogP contribution in [0.5, 0.6) is 0 Å². The molecule has 0 aromatic heterocycles. The molecular weight excluding hydrogens is 265 g/mol. The number of halogens is 2. The summed E-state index contributed by atoms with van der Waals surface area (Å²) in [7, 11) is 0. The summed E-state index contributed by atoms with van der Waals surface area (Å²) in [5.41, 5.74) is 1.18. The first-order valence-electron chi connectivity index (χ1n) is 6.93. The number of aryl methyl sites for hydroxylation is 1. The molecule has 1 aromatic rings. The molecule has 1 aliphatic rings. The molecule has 0 saturated heterocycles. The summed E-state index contributed by atoms with van der Waals surface area (Å²) in [5.74, 6) is 0. The molecule has 0 amide bonds. The molecule has 1 N–H and O–H groups in total. The van der Waals surface area contributed by atoms with E-state index in [1.54, 1.807) is 0 Å². The lowest BCUT2D eigenvalue weighted by Gasteiger charge is -2.05. The summed E-state index contributed by atoms with van der Waals surface area (Å²) in [5, 5.41) is 5.17. The molecule has 0 unspecified atom stereocenters. The molecule has 18 heavy (non-hydrogen) atoms. The van der Waals surface area contributed by atoms with Gasteiger partial charge in [0.15, 0.2) is 0 Å². The number of rotatable bonds is 8. The minimum atomic E-state index is 0.781. The predicted molar refractivity (Wildman–Crippen MR) is 79.7 cm³/mol. The Morgan fingerprint density at radius 2 is 1.83 bits per heavy atom. The smallest absolute Gasteiger partial charge is 0.0439 e. The third kappa shape index (κ3) is 5.17. The van der Waals surface area contributed by atoms with Crippen LogP contribution in [0.1, 0.15) is 44.1 Å². The standard InChI is InChI=1S/C15H21Cl2N/c16-13-6-9-15(17)12(11-13)5-3-1-2-4-10-18-14-7-8-14/h6,9,11,14,18H,1-5,7-8,10H2. The fourth-order valence-corrected chi connectivity index (χ4v) is 2.53. The molecule has 0 spiro atoms.